The number of hydrogen-bond acceptors (Lipinski definition) is 0. The van der Waals surface area contributed by atoms with Crippen LogP contribution in [0.3, 0.4) is 0 Å². The Kier molecular flexibility index (Phi) is 14.5. The van der Waals surface area contributed by atoms with E-state index >= 15 is 0 Å². The van der Waals surface area contributed by atoms with E-state index in [1.165, 1.54) is 90.7 Å². The minimum absolute atomic E-state index is 0. The van der Waals surface area contributed by atoms with Gasteiger partial charge < -0.3 is 24.8 Å². The van der Waals surface area contributed by atoms with Crippen molar-refractivity contribution in [2.24, 2.45) is 11.8 Å². The van der Waals surface area contributed by atoms with Gasteiger partial charge in [-0.2, -0.15) is 0 Å². The molecule has 0 saturated carbocycles. The molecule has 3 heteroatoms. The Labute approximate surface area is 362 Å². The van der Waals surface area contributed by atoms with E-state index in [2.05, 4.69) is 171 Å². The van der Waals surface area contributed by atoms with E-state index in [0.29, 0.717) is 11.8 Å². The van der Waals surface area contributed by atoms with Gasteiger partial charge in [0.2, 0.25) is 0 Å². The molecule has 0 fully saturated rings. The summed E-state index contributed by atoms with van der Waals surface area (Å²) >= 11 is -2.71. The fourth-order valence-electron chi connectivity index (χ4n) is 9.98. The molecule has 2 aliphatic carbocycles. The van der Waals surface area contributed by atoms with Crippen LogP contribution in [0.5, 0.6) is 0 Å². The van der Waals surface area contributed by atoms with Crippen LogP contribution in [-0.2, 0) is 38.5 Å². The van der Waals surface area contributed by atoms with Gasteiger partial charge in [0.15, 0.2) is 0 Å². The average molecular weight is 867 g/mol. The molecule has 4 aromatic carbocycles. The Hall–Kier alpha value is -2.31. The van der Waals surface area contributed by atoms with Crippen LogP contribution >= 0.6 is 0 Å². The van der Waals surface area contributed by atoms with Crippen molar-refractivity contribution in [3.05, 3.63) is 120 Å². The molecule has 0 heterocycles. The second-order valence-electron chi connectivity index (χ2n) is 20.0. The molecule has 0 amide bonds. The van der Waals surface area contributed by atoms with E-state index in [1.807, 2.05) is 3.21 Å². The smallest absolute Gasteiger partial charge is 1.00 e. The van der Waals surface area contributed by atoms with Crippen molar-refractivity contribution in [2.45, 2.75) is 147 Å². The Bertz CT molecular complexity index is 2180. The number of fused-ring (bicyclic) bond motifs is 3. The minimum Gasteiger partial charge on any atom is -1.00 e. The second kappa shape index (κ2) is 17.5. The third-order valence-electron chi connectivity index (χ3n) is 11.8. The summed E-state index contributed by atoms with van der Waals surface area (Å²) in [6.45, 7) is 38.4. The summed E-state index contributed by atoms with van der Waals surface area (Å²) in [4.78, 5) is 0. The Morgan fingerprint density at radius 2 is 1.07 bits per heavy atom. The van der Waals surface area contributed by atoms with E-state index < -0.39 is 21.3 Å². The standard InChI is InChI=1S/C39H45.C9H18.C5H5.2ClH.Zr/c1-22-13-24(3)36(25(4)14-22)32-18-28-17-29-19-33(37-26(5)15-23(2)16-27(37)6)35(39(10,11)12)21-31(29)30(28)20-34(32)38(7,8)9;1-8(2)6-5-7-9(3)4;1-2-4-5-3-1;;;/h13-16,18,20-21H,17H2,1-12H3;8-9H,6-7H2,1-4H3;1-3H,4H2;2*1H;/q;;;;;+2/p-2. The number of benzene rings is 4. The van der Waals surface area contributed by atoms with Gasteiger partial charge in [0, 0.05) is 0 Å². The van der Waals surface area contributed by atoms with Gasteiger partial charge >= 0.3 is 340 Å². The maximum atomic E-state index is 2.68. The van der Waals surface area contributed by atoms with Gasteiger partial charge in [-0.25, -0.2) is 0 Å². The van der Waals surface area contributed by atoms with Gasteiger partial charge in [0.1, 0.15) is 0 Å². The molecule has 0 unspecified atom stereocenters. The summed E-state index contributed by atoms with van der Waals surface area (Å²) in [5.41, 5.74) is 23.4. The second-order valence-corrected chi connectivity index (χ2v) is 26.4. The molecule has 2 aliphatic rings. The zero-order valence-electron chi connectivity index (χ0n) is 37.5. The Morgan fingerprint density at radius 3 is 1.52 bits per heavy atom. The molecule has 0 spiro atoms. The largest absolute Gasteiger partial charge is 1.00 e. The zero-order valence-corrected chi connectivity index (χ0v) is 41.5. The van der Waals surface area contributed by atoms with Gasteiger partial charge in [-0.1, -0.05) is 0 Å². The van der Waals surface area contributed by atoms with Crippen LogP contribution in [-0.4, -0.2) is 3.21 Å². The van der Waals surface area contributed by atoms with Gasteiger partial charge in [0.05, 0.1) is 0 Å². The summed E-state index contributed by atoms with van der Waals surface area (Å²) in [6.07, 6.45) is 12.0. The number of aryl methyl sites for hydroxylation is 6. The van der Waals surface area contributed by atoms with E-state index in [4.69, 9.17) is 0 Å². The van der Waals surface area contributed by atoms with Crippen LogP contribution in [0, 0.1) is 53.4 Å². The third kappa shape index (κ3) is 9.12. The average Bonchev–Trinajstić information content (AvgIpc) is 3.67. The van der Waals surface area contributed by atoms with Crippen molar-refractivity contribution < 1.29 is 46.1 Å². The summed E-state index contributed by atoms with van der Waals surface area (Å²) in [7, 11) is 0. The summed E-state index contributed by atoms with van der Waals surface area (Å²) in [5.74, 6) is 1.29. The van der Waals surface area contributed by atoms with E-state index in [-0.39, 0.29) is 35.6 Å². The molecule has 0 aromatic heterocycles. The molecular weight excluding hydrogens is 799 g/mol. The normalized spacial score (nSPS) is 13.3. The fourth-order valence-corrected chi connectivity index (χ4v) is 19.7. The first-order valence-corrected chi connectivity index (χ1v) is 24.5. The molecule has 0 bridgehead atoms. The molecule has 0 atom stereocenters. The first-order valence-electron chi connectivity index (χ1n) is 20.8. The number of hydrogen-bond donors (Lipinski definition) is 0. The predicted molar refractivity (Wildman–Crippen MR) is 237 cm³/mol. The van der Waals surface area contributed by atoms with Crippen LogP contribution in [0.1, 0.15) is 144 Å². The van der Waals surface area contributed by atoms with Crippen molar-refractivity contribution in [2.75, 3.05) is 0 Å². The monoisotopic (exact) mass is 864 g/mol. The SMILES string of the molecule is Cc1cc(C)c(-c2cc3c(cc2C(C)(C)C)-c2cc(C(C)(C)C)c(-c4c(C)cc(C)cc4C)[c]([Zr+2]([C]4=CC=CC4)=[C](CC(C)C)CC(C)C)c2C3)c(C)c1.[Cl-].[Cl-]. The van der Waals surface area contributed by atoms with Gasteiger partial charge in [-0.15, -0.1) is 0 Å². The molecule has 0 radical (unpaired) electrons. The van der Waals surface area contributed by atoms with E-state index in [9.17, 15) is 0 Å². The maximum absolute atomic E-state index is 2.71. The molecule has 298 valence electrons. The van der Waals surface area contributed by atoms with Crippen molar-refractivity contribution in [3.8, 4) is 33.4 Å². The van der Waals surface area contributed by atoms with Crippen molar-refractivity contribution >= 4 is 6.48 Å². The topological polar surface area (TPSA) is 0 Å². The summed E-state index contributed by atoms with van der Waals surface area (Å²) < 4.78 is 5.47. The van der Waals surface area contributed by atoms with Crippen LogP contribution in [0.25, 0.3) is 33.4 Å². The number of halogens is 2. The molecule has 4 aromatic rings. The van der Waals surface area contributed by atoms with Crippen LogP contribution < -0.4 is 28.1 Å². The number of rotatable bonds is 8. The molecule has 56 heavy (non-hydrogen) atoms. The van der Waals surface area contributed by atoms with Crippen molar-refractivity contribution in [1.82, 2.24) is 0 Å². The summed E-state index contributed by atoms with van der Waals surface area (Å²) in [6, 6.07) is 17.6. The quantitative estimate of drug-likeness (QED) is 0.147. The molecular formula is C53H68Cl2Zr. The molecule has 0 saturated heterocycles. The Morgan fingerprint density at radius 1 is 0.589 bits per heavy atom. The predicted octanol–water partition coefficient (Wildman–Crippen LogP) is 8.40. The maximum Gasteiger partial charge on any atom is -1.00 e. The Balaban J connectivity index is 0.00000348. The van der Waals surface area contributed by atoms with Gasteiger partial charge in [-0.05, 0) is 0 Å². The number of allylic oxidation sites excluding steroid dienone is 4. The molecule has 0 N–H and O–H groups in total. The fraction of sp³-hybridized carbons (Fsp3) is 0.453. The molecule has 0 aliphatic heterocycles. The van der Waals surface area contributed by atoms with Crippen LogP contribution in [0.2, 0.25) is 0 Å². The van der Waals surface area contributed by atoms with Crippen molar-refractivity contribution in [1.29, 1.82) is 0 Å². The van der Waals surface area contributed by atoms with Gasteiger partial charge in [0.25, 0.3) is 0 Å². The van der Waals surface area contributed by atoms with Crippen LogP contribution in [0.15, 0.2) is 64.0 Å². The zero-order chi connectivity index (χ0) is 39.6. The third-order valence-corrected chi connectivity index (χ3v) is 19.6. The first-order chi connectivity index (χ1) is 25.2. The summed E-state index contributed by atoms with van der Waals surface area (Å²) in [5, 5.41) is 0. The van der Waals surface area contributed by atoms with Gasteiger partial charge in [-0.3, -0.25) is 0 Å². The molecule has 6 rings (SSSR count). The minimum atomic E-state index is -2.71. The van der Waals surface area contributed by atoms with Crippen molar-refractivity contribution in [3.63, 3.8) is 0 Å². The first kappa shape index (κ1) is 46.4. The molecule has 0 nitrogen and oxygen atoms in total. The van der Waals surface area contributed by atoms with E-state index in [0.717, 1.165) is 12.8 Å². The van der Waals surface area contributed by atoms with E-state index in [1.54, 1.807) is 17.7 Å². The van der Waals surface area contributed by atoms with Crippen LogP contribution in [0.4, 0.5) is 0 Å².